The summed E-state index contributed by atoms with van der Waals surface area (Å²) in [6, 6.07) is -0.904. The second-order valence-corrected chi connectivity index (χ2v) is 5.63. The molecule has 0 fully saturated rings. The summed E-state index contributed by atoms with van der Waals surface area (Å²) in [6.07, 6.45) is 1.90. The normalized spacial score (nSPS) is 12.8. The summed E-state index contributed by atoms with van der Waals surface area (Å²) < 4.78 is 1.33. The average molecular weight is 298 g/mol. The molecule has 0 radical (unpaired) electrons. The number of rotatable bonds is 6. The monoisotopic (exact) mass is 298 g/mol. The van der Waals surface area contributed by atoms with Crippen LogP contribution in [-0.2, 0) is 4.79 Å². The highest BCUT2D eigenvalue weighted by Gasteiger charge is 2.28. The minimum atomic E-state index is -1.05. The third-order valence-electron chi connectivity index (χ3n) is 2.73. The lowest BCUT2D eigenvalue weighted by molar-refractivity contribution is -0.389. The van der Waals surface area contributed by atoms with Crippen molar-refractivity contribution in [1.82, 2.24) is 9.38 Å². The lowest BCUT2D eigenvalue weighted by atomic mass is 10.0. The number of aliphatic carboxylic acids is 1. The molecule has 0 aliphatic heterocycles. The second-order valence-electron chi connectivity index (χ2n) is 4.76. The van der Waals surface area contributed by atoms with E-state index in [1.807, 2.05) is 13.8 Å². The van der Waals surface area contributed by atoms with Crippen LogP contribution in [0.5, 0.6) is 0 Å². The molecule has 0 aliphatic rings. The Balaban J connectivity index is 2.36. The van der Waals surface area contributed by atoms with Crippen molar-refractivity contribution in [2.45, 2.75) is 26.3 Å². The Morgan fingerprint density at radius 1 is 1.65 bits per heavy atom. The first-order chi connectivity index (χ1) is 9.40. The fraction of sp³-hybridized carbons (Fsp3) is 0.455. The van der Waals surface area contributed by atoms with Crippen LogP contribution in [0.2, 0.25) is 0 Å². The van der Waals surface area contributed by atoms with Gasteiger partial charge in [0, 0.05) is 5.38 Å². The highest BCUT2D eigenvalue weighted by Crippen LogP contribution is 2.29. The number of aromatic nitrogens is 2. The van der Waals surface area contributed by atoms with Crippen LogP contribution in [0, 0.1) is 16.0 Å². The van der Waals surface area contributed by atoms with E-state index in [2.05, 4.69) is 10.3 Å². The summed E-state index contributed by atoms with van der Waals surface area (Å²) >= 11 is 1.25. The molecule has 2 aromatic heterocycles. The average Bonchev–Trinajstić information content (AvgIpc) is 2.86. The molecular formula is C11H14N4O4S. The fourth-order valence-corrected chi connectivity index (χ4v) is 2.61. The molecule has 0 aliphatic carbocycles. The maximum Gasteiger partial charge on any atom is 0.372 e. The first kappa shape index (κ1) is 14.3. The minimum absolute atomic E-state index is 0.00472. The van der Waals surface area contributed by atoms with Gasteiger partial charge >= 0.3 is 11.8 Å². The molecule has 0 saturated carbocycles. The number of imidazole rings is 1. The zero-order valence-electron chi connectivity index (χ0n) is 10.9. The van der Waals surface area contributed by atoms with Crippen molar-refractivity contribution >= 4 is 33.9 Å². The molecule has 2 rings (SSSR count). The van der Waals surface area contributed by atoms with Gasteiger partial charge in [-0.2, -0.15) is 9.38 Å². The Morgan fingerprint density at radius 2 is 2.35 bits per heavy atom. The number of carboxylic acids is 1. The van der Waals surface area contributed by atoms with Gasteiger partial charge in [-0.1, -0.05) is 25.2 Å². The highest BCUT2D eigenvalue weighted by molar-refractivity contribution is 7.15. The van der Waals surface area contributed by atoms with Gasteiger partial charge in [0.15, 0.2) is 0 Å². The van der Waals surface area contributed by atoms with Gasteiger partial charge in [0.1, 0.15) is 12.2 Å². The van der Waals surface area contributed by atoms with Crippen molar-refractivity contribution in [1.29, 1.82) is 0 Å². The summed E-state index contributed by atoms with van der Waals surface area (Å²) in [4.78, 5) is 26.3. The molecule has 0 bridgehead atoms. The van der Waals surface area contributed by atoms with E-state index in [0.29, 0.717) is 11.4 Å². The maximum atomic E-state index is 11.2. The van der Waals surface area contributed by atoms with E-state index in [1.165, 1.54) is 21.9 Å². The molecule has 0 saturated heterocycles. The number of hydrogen-bond acceptors (Lipinski definition) is 6. The number of hydrogen-bond donors (Lipinski definition) is 2. The molecule has 2 heterocycles. The van der Waals surface area contributed by atoms with E-state index >= 15 is 0 Å². The standard InChI is InChI=1S/C11H14N4O4S/c1-6(2)5-7(10(16)17)12-8-9(15(18)19)14-3-4-20-11(14)13-8/h3-4,6-7,12H,5H2,1-2H3,(H,16,17)/t7-/m0/s1. The minimum Gasteiger partial charge on any atom is -0.480 e. The third kappa shape index (κ3) is 2.72. The van der Waals surface area contributed by atoms with Crippen LogP contribution in [0.3, 0.4) is 0 Å². The van der Waals surface area contributed by atoms with Crippen LogP contribution in [0.1, 0.15) is 20.3 Å². The Morgan fingerprint density at radius 3 is 2.90 bits per heavy atom. The molecule has 8 nitrogen and oxygen atoms in total. The van der Waals surface area contributed by atoms with Gasteiger partial charge in [-0.25, -0.2) is 4.79 Å². The molecule has 9 heteroatoms. The predicted molar refractivity (Wildman–Crippen MR) is 74.2 cm³/mol. The van der Waals surface area contributed by atoms with Gasteiger partial charge in [-0.3, -0.25) is 0 Å². The van der Waals surface area contributed by atoms with Crippen molar-refractivity contribution < 1.29 is 14.8 Å². The van der Waals surface area contributed by atoms with Crippen molar-refractivity contribution in [2.24, 2.45) is 5.92 Å². The van der Waals surface area contributed by atoms with E-state index in [0.717, 1.165) is 0 Å². The molecule has 2 N–H and O–H groups in total. The van der Waals surface area contributed by atoms with Gasteiger partial charge < -0.3 is 20.5 Å². The second kappa shape index (κ2) is 5.45. The topological polar surface area (TPSA) is 110 Å². The zero-order valence-corrected chi connectivity index (χ0v) is 11.8. The molecule has 0 unspecified atom stereocenters. The summed E-state index contributed by atoms with van der Waals surface area (Å²) in [6.45, 7) is 3.77. The molecule has 0 aromatic carbocycles. The smallest absolute Gasteiger partial charge is 0.372 e. The van der Waals surface area contributed by atoms with Crippen LogP contribution in [0.25, 0.3) is 4.96 Å². The lowest BCUT2D eigenvalue weighted by Gasteiger charge is -2.15. The molecule has 0 amide bonds. The number of thiazole rings is 1. The van der Waals surface area contributed by atoms with Crippen LogP contribution in [0.4, 0.5) is 11.6 Å². The molecule has 2 aromatic rings. The number of fused-ring (bicyclic) bond motifs is 1. The highest BCUT2D eigenvalue weighted by atomic mass is 32.1. The van der Waals surface area contributed by atoms with Gasteiger partial charge in [0.25, 0.3) is 4.96 Å². The Labute approximate surface area is 118 Å². The largest absolute Gasteiger partial charge is 0.480 e. The zero-order chi connectivity index (χ0) is 14.9. The molecule has 0 spiro atoms. The summed E-state index contributed by atoms with van der Waals surface area (Å²) in [5, 5.41) is 24.7. The van der Waals surface area contributed by atoms with Crippen molar-refractivity contribution in [3.05, 3.63) is 21.7 Å². The van der Waals surface area contributed by atoms with Crippen molar-refractivity contribution in [3.8, 4) is 0 Å². The van der Waals surface area contributed by atoms with Gasteiger partial charge in [-0.15, -0.1) is 0 Å². The number of nitro groups is 1. The Bertz CT molecular complexity index is 648. The summed E-state index contributed by atoms with van der Waals surface area (Å²) in [5.74, 6) is -1.15. The predicted octanol–water partition coefficient (Wildman–Crippen LogP) is 2.22. The van der Waals surface area contributed by atoms with E-state index in [-0.39, 0.29) is 17.6 Å². The SMILES string of the molecule is CC(C)C[C@H](Nc1nc2sccn2c1[N+](=O)[O-])C(=O)O. The lowest BCUT2D eigenvalue weighted by Crippen LogP contribution is -2.31. The van der Waals surface area contributed by atoms with Crippen LogP contribution < -0.4 is 5.32 Å². The Hall–Kier alpha value is -2.16. The van der Waals surface area contributed by atoms with Gasteiger partial charge in [0.2, 0.25) is 5.82 Å². The van der Waals surface area contributed by atoms with Crippen molar-refractivity contribution in [3.63, 3.8) is 0 Å². The van der Waals surface area contributed by atoms with E-state index in [4.69, 9.17) is 0 Å². The van der Waals surface area contributed by atoms with E-state index in [1.54, 1.807) is 5.38 Å². The molecule has 20 heavy (non-hydrogen) atoms. The fourth-order valence-electron chi connectivity index (χ4n) is 1.90. The first-order valence-electron chi connectivity index (χ1n) is 5.99. The molecule has 1 atom stereocenters. The van der Waals surface area contributed by atoms with Crippen LogP contribution in [0.15, 0.2) is 11.6 Å². The van der Waals surface area contributed by atoms with Crippen LogP contribution >= 0.6 is 11.3 Å². The summed E-state index contributed by atoms with van der Waals surface area (Å²) in [5.41, 5.74) is 0. The number of nitrogens with one attached hydrogen (secondary N) is 1. The Kier molecular flexibility index (Phi) is 3.89. The van der Waals surface area contributed by atoms with E-state index < -0.39 is 16.9 Å². The first-order valence-corrected chi connectivity index (χ1v) is 6.87. The maximum absolute atomic E-state index is 11.2. The number of carbonyl (C=O) groups is 1. The quantitative estimate of drug-likeness (QED) is 0.625. The van der Waals surface area contributed by atoms with Crippen LogP contribution in [-0.4, -0.2) is 31.4 Å². The number of carboxylic acid groups (broad SMARTS) is 1. The molecule has 108 valence electrons. The molecular weight excluding hydrogens is 284 g/mol. The van der Waals surface area contributed by atoms with Crippen molar-refractivity contribution in [2.75, 3.05) is 5.32 Å². The van der Waals surface area contributed by atoms with Gasteiger partial charge in [-0.05, 0) is 17.3 Å². The van der Waals surface area contributed by atoms with Gasteiger partial charge in [0.05, 0.1) is 0 Å². The number of nitrogens with zero attached hydrogens (tertiary/aromatic N) is 3. The number of anilines is 1. The third-order valence-corrected chi connectivity index (χ3v) is 3.48. The van der Waals surface area contributed by atoms with E-state index in [9.17, 15) is 20.0 Å². The summed E-state index contributed by atoms with van der Waals surface area (Å²) in [7, 11) is 0.